The average molecular weight is 256 g/mol. The SMILES string of the molecule is C#CCN(CC(=O)O)C(=O)N(C)CC(=O)OCC. The Balaban J connectivity index is 4.51. The van der Waals surface area contributed by atoms with Gasteiger partial charge < -0.3 is 19.6 Å². The van der Waals surface area contributed by atoms with Gasteiger partial charge in [0.15, 0.2) is 0 Å². The maximum Gasteiger partial charge on any atom is 0.325 e. The van der Waals surface area contributed by atoms with Crippen LogP contribution in [0.25, 0.3) is 0 Å². The molecule has 0 aromatic rings. The maximum absolute atomic E-state index is 11.8. The smallest absolute Gasteiger partial charge is 0.325 e. The second-order valence-corrected chi connectivity index (χ2v) is 3.40. The van der Waals surface area contributed by atoms with Gasteiger partial charge >= 0.3 is 18.0 Å². The van der Waals surface area contributed by atoms with Crippen LogP contribution in [-0.2, 0) is 14.3 Å². The van der Waals surface area contributed by atoms with E-state index in [-0.39, 0.29) is 19.7 Å². The number of terminal acetylenes is 1. The molecule has 2 amide bonds. The second-order valence-electron chi connectivity index (χ2n) is 3.40. The van der Waals surface area contributed by atoms with E-state index in [0.717, 1.165) is 9.80 Å². The summed E-state index contributed by atoms with van der Waals surface area (Å²) in [5.74, 6) is 0.443. The van der Waals surface area contributed by atoms with E-state index in [2.05, 4.69) is 10.7 Å². The third-order valence-electron chi connectivity index (χ3n) is 1.88. The van der Waals surface area contributed by atoms with E-state index in [0.29, 0.717) is 0 Å². The molecule has 7 nitrogen and oxygen atoms in total. The van der Waals surface area contributed by atoms with Crippen molar-refractivity contribution in [3.05, 3.63) is 0 Å². The lowest BCUT2D eigenvalue weighted by Crippen LogP contribution is -2.45. The molecule has 0 aliphatic carbocycles. The van der Waals surface area contributed by atoms with Crippen LogP contribution in [0.4, 0.5) is 4.79 Å². The Hall–Kier alpha value is -2.23. The number of aliphatic carboxylic acids is 1. The van der Waals surface area contributed by atoms with Gasteiger partial charge in [0, 0.05) is 7.05 Å². The fourth-order valence-electron chi connectivity index (χ4n) is 1.17. The van der Waals surface area contributed by atoms with Gasteiger partial charge in [-0.1, -0.05) is 5.92 Å². The molecule has 100 valence electrons. The van der Waals surface area contributed by atoms with Gasteiger partial charge in [0.1, 0.15) is 13.1 Å². The number of rotatable bonds is 6. The number of nitrogens with zero attached hydrogens (tertiary/aromatic N) is 2. The van der Waals surface area contributed by atoms with E-state index in [1.807, 2.05) is 0 Å². The maximum atomic E-state index is 11.8. The first kappa shape index (κ1) is 15.8. The number of ether oxygens (including phenoxy) is 1. The highest BCUT2D eigenvalue weighted by Crippen LogP contribution is 1.97. The van der Waals surface area contributed by atoms with Gasteiger partial charge in [-0.15, -0.1) is 6.42 Å². The minimum Gasteiger partial charge on any atom is -0.480 e. The van der Waals surface area contributed by atoms with Crippen LogP contribution in [0.15, 0.2) is 0 Å². The minimum atomic E-state index is -1.18. The standard InChI is InChI=1S/C11H16N2O5/c1-4-6-13(7-9(14)15)11(17)12(3)8-10(16)18-5-2/h1H,5-8H2,2-3H3,(H,14,15). The number of hydrogen-bond acceptors (Lipinski definition) is 4. The molecular weight excluding hydrogens is 240 g/mol. The zero-order chi connectivity index (χ0) is 14.1. The van der Waals surface area contributed by atoms with Crippen molar-refractivity contribution in [2.75, 3.05) is 33.3 Å². The summed E-state index contributed by atoms with van der Waals surface area (Å²) >= 11 is 0. The average Bonchev–Trinajstić information content (AvgIpc) is 2.27. The molecule has 0 bridgehead atoms. The predicted octanol–water partition coefficient (Wildman–Crippen LogP) is -0.379. The molecule has 1 N–H and O–H groups in total. The Morgan fingerprint density at radius 3 is 2.39 bits per heavy atom. The number of carboxylic acid groups (broad SMARTS) is 1. The Kier molecular flexibility index (Phi) is 6.96. The van der Waals surface area contributed by atoms with Crippen LogP contribution < -0.4 is 0 Å². The molecule has 0 aromatic carbocycles. The summed E-state index contributed by atoms with van der Waals surface area (Å²) in [6.07, 6.45) is 5.05. The van der Waals surface area contributed by atoms with E-state index < -0.39 is 24.5 Å². The minimum absolute atomic E-state index is 0.141. The number of carbonyl (C=O) groups excluding carboxylic acids is 2. The van der Waals surface area contributed by atoms with Gasteiger partial charge in [0.25, 0.3) is 0 Å². The first-order valence-corrected chi connectivity index (χ1v) is 5.23. The topological polar surface area (TPSA) is 87.2 Å². The lowest BCUT2D eigenvalue weighted by atomic mass is 10.4. The Morgan fingerprint density at radius 2 is 1.94 bits per heavy atom. The molecule has 0 saturated carbocycles. The van der Waals surface area contributed by atoms with Gasteiger partial charge in [-0.2, -0.15) is 0 Å². The van der Waals surface area contributed by atoms with E-state index in [1.54, 1.807) is 6.92 Å². The molecule has 0 rings (SSSR count). The van der Waals surface area contributed by atoms with Crippen LogP contribution in [0.3, 0.4) is 0 Å². The highest BCUT2D eigenvalue weighted by molar-refractivity contribution is 5.83. The Labute approximate surface area is 105 Å². The summed E-state index contributed by atoms with van der Waals surface area (Å²) in [6, 6.07) is -0.636. The highest BCUT2D eigenvalue weighted by atomic mass is 16.5. The first-order valence-electron chi connectivity index (χ1n) is 5.23. The van der Waals surface area contributed by atoms with E-state index in [4.69, 9.17) is 11.5 Å². The van der Waals surface area contributed by atoms with Crippen LogP contribution in [0.5, 0.6) is 0 Å². The summed E-state index contributed by atoms with van der Waals surface area (Å²) in [5, 5.41) is 8.63. The molecule has 0 saturated heterocycles. The summed E-state index contributed by atoms with van der Waals surface area (Å²) in [5.41, 5.74) is 0. The zero-order valence-electron chi connectivity index (χ0n) is 10.4. The fourth-order valence-corrected chi connectivity index (χ4v) is 1.17. The van der Waals surface area contributed by atoms with E-state index in [1.165, 1.54) is 7.05 Å². The fraction of sp³-hybridized carbons (Fsp3) is 0.545. The molecule has 7 heteroatoms. The second kappa shape index (κ2) is 7.95. The van der Waals surface area contributed by atoms with Crippen molar-refractivity contribution in [2.45, 2.75) is 6.92 Å². The van der Waals surface area contributed by atoms with Crippen molar-refractivity contribution < 1.29 is 24.2 Å². The van der Waals surface area contributed by atoms with Crippen molar-refractivity contribution in [3.8, 4) is 12.3 Å². The third kappa shape index (κ3) is 5.75. The van der Waals surface area contributed by atoms with Gasteiger partial charge in [-0.25, -0.2) is 4.79 Å². The first-order chi connectivity index (χ1) is 8.42. The molecule has 0 fully saturated rings. The lowest BCUT2D eigenvalue weighted by molar-refractivity contribution is -0.143. The molecule has 0 atom stereocenters. The summed E-state index contributed by atoms with van der Waals surface area (Å²) < 4.78 is 4.68. The zero-order valence-corrected chi connectivity index (χ0v) is 10.4. The number of esters is 1. The predicted molar refractivity (Wildman–Crippen MR) is 62.7 cm³/mol. The summed E-state index contributed by atoms with van der Waals surface area (Å²) in [7, 11) is 1.37. The number of hydrogen-bond donors (Lipinski definition) is 1. The molecule has 0 aliphatic heterocycles. The third-order valence-corrected chi connectivity index (χ3v) is 1.88. The van der Waals surface area contributed by atoms with Gasteiger partial charge in [0.2, 0.25) is 0 Å². The molecule has 0 aromatic heterocycles. The number of urea groups is 1. The number of carbonyl (C=O) groups is 3. The van der Waals surface area contributed by atoms with Crippen molar-refractivity contribution in [2.24, 2.45) is 0 Å². The molecule has 0 unspecified atom stereocenters. The highest BCUT2D eigenvalue weighted by Gasteiger charge is 2.21. The Bertz CT molecular complexity index is 361. The van der Waals surface area contributed by atoms with Crippen molar-refractivity contribution in [1.29, 1.82) is 0 Å². The molecule has 0 spiro atoms. The van der Waals surface area contributed by atoms with Gasteiger partial charge in [-0.3, -0.25) is 9.59 Å². The molecule has 0 radical (unpaired) electrons. The van der Waals surface area contributed by atoms with Crippen LogP contribution in [0, 0.1) is 12.3 Å². The van der Waals surface area contributed by atoms with Crippen LogP contribution in [0.1, 0.15) is 6.92 Å². The molecule has 0 aliphatic rings. The monoisotopic (exact) mass is 256 g/mol. The van der Waals surface area contributed by atoms with Crippen molar-refractivity contribution in [3.63, 3.8) is 0 Å². The van der Waals surface area contributed by atoms with Crippen LogP contribution in [-0.4, -0.2) is 66.2 Å². The number of amides is 2. The van der Waals surface area contributed by atoms with Crippen LogP contribution in [0.2, 0.25) is 0 Å². The van der Waals surface area contributed by atoms with Gasteiger partial charge in [0.05, 0.1) is 13.2 Å². The largest absolute Gasteiger partial charge is 0.480 e. The summed E-state index contributed by atoms with van der Waals surface area (Å²) in [4.78, 5) is 35.5. The summed E-state index contributed by atoms with van der Waals surface area (Å²) in [6.45, 7) is 0.945. The molecule has 0 heterocycles. The lowest BCUT2D eigenvalue weighted by Gasteiger charge is -2.24. The van der Waals surface area contributed by atoms with Crippen molar-refractivity contribution >= 4 is 18.0 Å². The number of carboxylic acids is 1. The quantitative estimate of drug-likeness (QED) is 0.517. The Morgan fingerprint density at radius 1 is 1.33 bits per heavy atom. The van der Waals surface area contributed by atoms with E-state index in [9.17, 15) is 14.4 Å². The van der Waals surface area contributed by atoms with Crippen molar-refractivity contribution in [1.82, 2.24) is 9.80 Å². The normalized spacial score (nSPS) is 9.17. The van der Waals surface area contributed by atoms with E-state index >= 15 is 0 Å². The van der Waals surface area contributed by atoms with Crippen LogP contribution >= 0.6 is 0 Å². The molecular formula is C11H16N2O5. The molecule has 18 heavy (non-hydrogen) atoms. The number of likely N-dealkylation sites (N-methyl/N-ethyl adjacent to an activating group) is 1. The van der Waals surface area contributed by atoms with Gasteiger partial charge in [-0.05, 0) is 6.92 Å².